The maximum atomic E-state index is 10.8. The third-order valence-corrected chi connectivity index (χ3v) is 6.07. The van der Waals surface area contributed by atoms with Crippen molar-refractivity contribution in [1.82, 2.24) is 0 Å². The summed E-state index contributed by atoms with van der Waals surface area (Å²) in [5.74, 6) is 8.95. The third-order valence-electron chi connectivity index (χ3n) is 4.46. The Balaban J connectivity index is 2.08. The summed E-state index contributed by atoms with van der Waals surface area (Å²) in [7, 11) is -7.99. The molecule has 2 aromatic carbocycles. The van der Waals surface area contributed by atoms with E-state index >= 15 is 0 Å². The Morgan fingerprint density at radius 1 is 0.735 bits per heavy atom. The summed E-state index contributed by atoms with van der Waals surface area (Å²) in [5.41, 5.74) is 2.03. The van der Waals surface area contributed by atoms with Gasteiger partial charge in [-0.1, -0.05) is 17.8 Å². The van der Waals surface area contributed by atoms with Crippen LogP contribution in [0.15, 0.2) is 42.5 Å². The maximum Gasteiger partial charge on any atom is 0.264 e. The fourth-order valence-corrected chi connectivity index (χ4v) is 3.89. The van der Waals surface area contributed by atoms with E-state index in [1.807, 2.05) is 0 Å². The van der Waals surface area contributed by atoms with Gasteiger partial charge in [0, 0.05) is 11.1 Å². The van der Waals surface area contributed by atoms with Crippen LogP contribution in [0, 0.1) is 24.2 Å². The quantitative estimate of drug-likeness (QED) is 0.255. The highest BCUT2D eigenvalue weighted by Gasteiger charge is 2.08. The Labute approximate surface area is 200 Å². The maximum absolute atomic E-state index is 10.8. The monoisotopic (exact) mass is 506 g/mol. The summed E-state index contributed by atoms with van der Waals surface area (Å²) in [4.78, 5) is 0. The average Bonchev–Trinajstić information content (AvgIpc) is 2.77. The highest BCUT2D eigenvalue weighted by atomic mass is 32.2. The second kappa shape index (κ2) is 13.0. The zero-order valence-corrected chi connectivity index (χ0v) is 20.1. The highest BCUT2D eigenvalue weighted by Crippen LogP contribution is 2.24. The molecule has 2 rings (SSSR count). The van der Waals surface area contributed by atoms with E-state index in [0.29, 0.717) is 29.9 Å². The van der Waals surface area contributed by atoms with Gasteiger partial charge in [-0.2, -0.15) is 16.8 Å². The molecule has 0 amide bonds. The molecule has 0 spiro atoms. The number of unbranched alkanes of at least 4 members (excludes halogenated alkanes) is 2. The van der Waals surface area contributed by atoms with Crippen LogP contribution in [0.3, 0.4) is 0 Å². The third kappa shape index (κ3) is 11.2. The van der Waals surface area contributed by atoms with E-state index in [4.69, 9.17) is 25.0 Å². The number of hydrogen-bond acceptors (Lipinski definition) is 6. The van der Waals surface area contributed by atoms with Crippen molar-refractivity contribution in [2.45, 2.75) is 25.7 Å². The SMILES string of the molecule is C#Cc1ccc(C#Cc2cc(OCCCCS(=O)(=O)O)ccc2OCCCCS(=O)(=O)O)cc1. The van der Waals surface area contributed by atoms with Crippen LogP contribution in [-0.4, -0.2) is 50.7 Å². The van der Waals surface area contributed by atoms with E-state index < -0.39 is 20.2 Å². The Morgan fingerprint density at radius 3 is 1.85 bits per heavy atom. The van der Waals surface area contributed by atoms with Gasteiger partial charge < -0.3 is 9.47 Å². The van der Waals surface area contributed by atoms with Gasteiger partial charge in [0.15, 0.2) is 0 Å². The number of terminal acetylenes is 1. The van der Waals surface area contributed by atoms with Crippen molar-refractivity contribution < 1.29 is 35.4 Å². The average molecular weight is 507 g/mol. The van der Waals surface area contributed by atoms with Gasteiger partial charge >= 0.3 is 0 Å². The minimum atomic E-state index is -4.00. The van der Waals surface area contributed by atoms with Gasteiger partial charge in [0.2, 0.25) is 0 Å². The predicted molar refractivity (Wildman–Crippen MR) is 129 cm³/mol. The Kier molecular flexibility index (Phi) is 10.4. The Hall–Kier alpha value is -3.02. The smallest absolute Gasteiger partial charge is 0.264 e. The van der Waals surface area contributed by atoms with Crippen LogP contribution in [0.4, 0.5) is 0 Å². The van der Waals surface area contributed by atoms with E-state index in [1.54, 1.807) is 42.5 Å². The molecule has 0 saturated heterocycles. The van der Waals surface area contributed by atoms with Gasteiger partial charge in [-0.3, -0.25) is 9.11 Å². The lowest BCUT2D eigenvalue weighted by atomic mass is 10.1. The van der Waals surface area contributed by atoms with Crippen molar-refractivity contribution in [2.24, 2.45) is 0 Å². The highest BCUT2D eigenvalue weighted by molar-refractivity contribution is 7.86. The largest absolute Gasteiger partial charge is 0.494 e. The van der Waals surface area contributed by atoms with Crippen LogP contribution in [0.25, 0.3) is 0 Å². The van der Waals surface area contributed by atoms with E-state index in [1.165, 1.54) is 0 Å². The van der Waals surface area contributed by atoms with Crippen LogP contribution in [0.5, 0.6) is 11.5 Å². The molecule has 0 bridgehead atoms. The van der Waals surface area contributed by atoms with E-state index in [-0.39, 0.29) is 37.6 Å². The van der Waals surface area contributed by atoms with Crippen LogP contribution in [0.1, 0.15) is 42.4 Å². The molecule has 0 radical (unpaired) electrons. The molecule has 0 heterocycles. The molecular weight excluding hydrogens is 480 g/mol. The summed E-state index contributed by atoms with van der Waals surface area (Å²) in [5, 5.41) is 0. The molecule has 0 fully saturated rings. The van der Waals surface area contributed by atoms with Crippen molar-refractivity contribution in [3.8, 4) is 35.7 Å². The number of hydrogen-bond donors (Lipinski definition) is 2. The van der Waals surface area contributed by atoms with Gasteiger partial charge in [-0.15, -0.1) is 6.42 Å². The molecule has 8 nitrogen and oxygen atoms in total. The Morgan fingerprint density at radius 2 is 1.29 bits per heavy atom. The number of rotatable bonds is 12. The molecule has 34 heavy (non-hydrogen) atoms. The molecule has 0 aliphatic carbocycles. The van der Waals surface area contributed by atoms with Crippen molar-refractivity contribution in [2.75, 3.05) is 24.7 Å². The van der Waals surface area contributed by atoms with E-state index in [2.05, 4.69) is 17.8 Å². The normalized spacial score (nSPS) is 11.2. The second-order valence-corrected chi connectivity index (χ2v) is 10.5. The summed E-state index contributed by atoms with van der Waals surface area (Å²) < 4.78 is 72.2. The molecule has 0 atom stereocenters. The van der Waals surface area contributed by atoms with Crippen molar-refractivity contribution in [1.29, 1.82) is 0 Å². The molecule has 0 aromatic heterocycles. The minimum Gasteiger partial charge on any atom is -0.494 e. The zero-order valence-electron chi connectivity index (χ0n) is 18.4. The first-order valence-electron chi connectivity index (χ1n) is 10.4. The standard InChI is InChI=1S/C24H26O8S2/c1-2-20-7-9-21(10-8-20)11-12-22-19-23(31-15-3-5-17-33(25,26)27)13-14-24(22)32-16-4-6-18-34(28,29)30/h1,7-10,13-14,19H,3-6,15-18H2,(H,25,26,27)(H,28,29,30). The second-order valence-electron chi connectivity index (χ2n) is 7.31. The number of ether oxygens (including phenoxy) is 2. The van der Waals surface area contributed by atoms with Gasteiger partial charge in [-0.05, 0) is 68.1 Å². The van der Waals surface area contributed by atoms with Crippen LogP contribution in [0.2, 0.25) is 0 Å². The van der Waals surface area contributed by atoms with Crippen molar-refractivity contribution in [3.63, 3.8) is 0 Å². The zero-order chi connectivity index (χ0) is 25.0. The molecule has 0 aliphatic rings. The van der Waals surface area contributed by atoms with Crippen LogP contribution < -0.4 is 9.47 Å². The van der Waals surface area contributed by atoms with Gasteiger partial charge in [0.1, 0.15) is 11.5 Å². The summed E-state index contributed by atoms with van der Waals surface area (Å²) >= 11 is 0. The molecule has 2 aromatic rings. The molecule has 0 unspecified atom stereocenters. The number of benzene rings is 2. The van der Waals surface area contributed by atoms with Crippen LogP contribution >= 0.6 is 0 Å². The van der Waals surface area contributed by atoms with Crippen LogP contribution in [-0.2, 0) is 20.2 Å². The fourth-order valence-electron chi connectivity index (χ4n) is 2.76. The molecule has 2 N–H and O–H groups in total. The molecule has 10 heteroatoms. The topological polar surface area (TPSA) is 127 Å². The summed E-state index contributed by atoms with van der Waals surface area (Å²) in [6.45, 7) is 0.489. The first-order chi connectivity index (χ1) is 16.1. The van der Waals surface area contributed by atoms with Crippen molar-refractivity contribution >= 4 is 20.2 Å². The summed E-state index contributed by atoms with van der Waals surface area (Å²) in [6, 6.07) is 12.2. The van der Waals surface area contributed by atoms with E-state index in [9.17, 15) is 16.8 Å². The first kappa shape index (κ1) is 27.2. The molecular formula is C24H26O8S2. The predicted octanol–water partition coefficient (Wildman–Crippen LogP) is 3.16. The lowest BCUT2D eigenvalue weighted by Crippen LogP contribution is -2.07. The van der Waals surface area contributed by atoms with Crippen molar-refractivity contribution in [3.05, 3.63) is 59.2 Å². The Bertz CT molecular complexity index is 1260. The lowest BCUT2D eigenvalue weighted by molar-refractivity contribution is 0.300. The summed E-state index contributed by atoms with van der Waals surface area (Å²) in [6.07, 6.45) is 6.75. The van der Waals surface area contributed by atoms with Gasteiger partial charge in [0.05, 0.1) is 30.3 Å². The van der Waals surface area contributed by atoms with Gasteiger partial charge in [0.25, 0.3) is 20.2 Å². The fraction of sp³-hybridized carbons (Fsp3) is 0.333. The lowest BCUT2D eigenvalue weighted by Gasteiger charge is -2.11. The molecule has 182 valence electrons. The molecule has 0 aliphatic heterocycles. The minimum absolute atomic E-state index is 0.233. The van der Waals surface area contributed by atoms with E-state index in [0.717, 1.165) is 11.1 Å². The molecule has 0 saturated carbocycles. The van der Waals surface area contributed by atoms with Gasteiger partial charge in [-0.25, -0.2) is 0 Å². The first-order valence-corrected chi connectivity index (χ1v) is 13.7.